The third-order valence-electron chi connectivity index (χ3n) is 8.55. The Labute approximate surface area is 255 Å². The van der Waals surface area contributed by atoms with Crippen molar-refractivity contribution in [2.75, 3.05) is 0 Å². The first-order chi connectivity index (χ1) is 20.0. The maximum absolute atomic E-state index is 14.6. The largest absolute Gasteiger partial charge is 0.384 e. The monoisotopic (exact) mass is 596 g/mol. The third-order valence-corrected chi connectivity index (χ3v) is 13.5. The minimum Gasteiger partial charge on any atom is -0.384 e. The molecule has 0 aliphatic carbocycles. The highest BCUT2D eigenvalue weighted by molar-refractivity contribution is 8.01. The molecule has 1 aliphatic rings. The maximum atomic E-state index is 14.6. The van der Waals surface area contributed by atoms with Crippen molar-refractivity contribution < 1.29 is 9.90 Å². The molecule has 3 atom stereocenters. The fraction of sp³-hybridized carbons (Fsp3) is 0.353. The molecule has 1 saturated heterocycles. The van der Waals surface area contributed by atoms with Crippen LogP contribution in [-0.4, -0.2) is 50.8 Å². The number of benzene rings is 3. The number of aryl methyl sites for hydroxylation is 2. The Morgan fingerprint density at radius 3 is 1.64 bits per heavy atom. The number of hydrogen-bond acceptors (Lipinski definition) is 6. The molecule has 1 aliphatic heterocycles. The van der Waals surface area contributed by atoms with Gasteiger partial charge in [-0.15, -0.1) is 16.9 Å². The molecule has 42 heavy (non-hydrogen) atoms. The van der Waals surface area contributed by atoms with Crippen molar-refractivity contribution in [3.63, 3.8) is 0 Å². The number of aliphatic hydroxyl groups is 1. The molecule has 218 valence electrons. The normalized spacial score (nSPS) is 20.0. The minimum absolute atomic E-state index is 0.0356. The minimum atomic E-state index is -1.94. The Balaban J connectivity index is 1.79. The second-order valence-electron chi connectivity index (χ2n) is 12.4. The van der Waals surface area contributed by atoms with E-state index in [0.29, 0.717) is 11.4 Å². The van der Waals surface area contributed by atoms with E-state index < -0.39 is 30.2 Å². The topological polar surface area (TPSA) is 79.2 Å². The first kappa shape index (κ1) is 30.1. The standard InChI is InChI=1S/C34H40N4O2SSi/c1-23-24(2)36-37-29(35-23)28(39)34(42(6)7)30(40)38(32(3,4)5)31(34)41-33(25-17-11-8-12-18-25,26-19-13-9-14-20-26)27-21-15-10-16-22-27/h8-22,28,31,39,42H,1-7H3. The number of thioether (sulfide) groups is 1. The molecule has 6 nitrogen and oxygen atoms in total. The van der Waals surface area contributed by atoms with Crippen LogP contribution in [0.3, 0.4) is 0 Å². The zero-order valence-electron chi connectivity index (χ0n) is 25.4. The summed E-state index contributed by atoms with van der Waals surface area (Å²) in [5.41, 5.74) is 4.27. The number of rotatable bonds is 8. The van der Waals surface area contributed by atoms with Gasteiger partial charge >= 0.3 is 0 Å². The summed E-state index contributed by atoms with van der Waals surface area (Å²) in [6.07, 6.45) is -1.18. The van der Waals surface area contributed by atoms with Crippen LogP contribution in [0.4, 0.5) is 0 Å². The Morgan fingerprint density at radius 2 is 1.26 bits per heavy atom. The number of hydrogen-bond donors (Lipinski definition) is 1. The van der Waals surface area contributed by atoms with Gasteiger partial charge in [0.2, 0.25) is 5.91 Å². The molecule has 2 heterocycles. The van der Waals surface area contributed by atoms with Crippen LogP contribution in [-0.2, 0) is 9.54 Å². The maximum Gasteiger partial charge on any atom is 0.233 e. The van der Waals surface area contributed by atoms with E-state index >= 15 is 0 Å². The third kappa shape index (κ3) is 4.79. The number of carbonyl (C=O) groups excluding carboxylic acids is 1. The van der Waals surface area contributed by atoms with Gasteiger partial charge in [-0.2, -0.15) is 5.10 Å². The highest BCUT2D eigenvalue weighted by Gasteiger charge is 2.70. The molecular weight excluding hydrogens is 557 g/mol. The number of likely N-dealkylation sites (tertiary alicyclic amines) is 1. The molecule has 0 spiro atoms. The fourth-order valence-corrected chi connectivity index (χ4v) is 11.4. The summed E-state index contributed by atoms with van der Waals surface area (Å²) >= 11 is 1.75. The summed E-state index contributed by atoms with van der Waals surface area (Å²) in [5.74, 6) is 0.183. The number of carbonyl (C=O) groups is 1. The summed E-state index contributed by atoms with van der Waals surface area (Å²) in [6, 6.07) is 31.5. The van der Waals surface area contributed by atoms with Crippen molar-refractivity contribution in [3.05, 3.63) is 125 Å². The molecule has 4 aromatic rings. The van der Waals surface area contributed by atoms with Crippen LogP contribution in [0.5, 0.6) is 0 Å². The van der Waals surface area contributed by atoms with Gasteiger partial charge < -0.3 is 10.0 Å². The Morgan fingerprint density at radius 1 is 0.810 bits per heavy atom. The first-order valence-electron chi connectivity index (χ1n) is 14.5. The van der Waals surface area contributed by atoms with Gasteiger partial charge in [0.1, 0.15) is 11.1 Å². The number of aliphatic hydroxyl groups excluding tert-OH is 1. The van der Waals surface area contributed by atoms with Crippen LogP contribution in [0, 0.1) is 13.8 Å². The van der Waals surface area contributed by atoms with Crippen LogP contribution >= 0.6 is 11.8 Å². The SMILES string of the molecule is Cc1nnc(C(O)C2([SiH](C)C)C(=O)N(C(C)(C)C)C2SC(c2ccccc2)(c2ccccc2)c2ccccc2)nc1C. The van der Waals surface area contributed by atoms with Gasteiger partial charge in [0, 0.05) is 5.54 Å². The van der Waals surface area contributed by atoms with Gasteiger partial charge in [-0.3, -0.25) is 4.79 Å². The molecule has 1 amide bonds. The molecule has 3 aromatic carbocycles. The highest BCUT2D eigenvalue weighted by Crippen LogP contribution is 2.66. The average Bonchev–Trinajstić information content (AvgIpc) is 2.97. The lowest BCUT2D eigenvalue weighted by molar-refractivity contribution is -0.164. The van der Waals surface area contributed by atoms with Gasteiger partial charge in [0.15, 0.2) is 5.82 Å². The van der Waals surface area contributed by atoms with Crippen molar-refractivity contribution in [1.29, 1.82) is 0 Å². The van der Waals surface area contributed by atoms with Crippen molar-refractivity contribution in [2.45, 2.75) is 74.5 Å². The quantitative estimate of drug-likeness (QED) is 0.143. The number of amides is 1. The van der Waals surface area contributed by atoms with E-state index in [2.05, 4.69) is 122 Å². The molecular formula is C34H40N4O2SSi. The molecule has 0 radical (unpaired) electrons. The van der Waals surface area contributed by atoms with Crippen molar-refractivity contribution in [3.8, 4) is 0 Å². The highest BCUT2D eigenvalue weighted by atomic mass is 32.2. The van der Waals surface area contributed by atoms with Gasteiger partial charge in [-0.25, -0.2) is 4.98 Å². The summed E-state index contributed by atoms with van der Waals surface area (Å²) in [4.78, 5) is 21.2. The van der Waals surface area contributed by atoms with E-state index in [-0.39, 0.29) is 17.1 Å². The second kappa shape index (κ2) is 11.4. The fourth-order valence-electron chi connectivity index (χ4n) is 6.17. The van der Waals surface area contributed by atoms with E-state index in [4.69, 9.17) is 0 Å². The molecule has 5 rings (SSSR count). The summed E-state index contributed by atoms with van der Waals surface area (Å²) in [5, 5.41) is 19.4. The number of aromatic nitrogens is 3. The van der Waals surface area contributed by atoms with E-state index in [9.17, 15) is 9.90 Å². The smallest absolute Gasteiger partial charge is 0.233 e. The number of β-lactam (4-membered cyclic amide) rings is 1. The Kier molecular flexibility index (Phi) is 8.18. The second-order valence-corrected chi connectivity index (χ2v) is 17.0. The van der Waals surface area contributed by atoms with Crippen molar-refractivity contribution in [1.82, 2.24) is 20.1 Å². The predicted molar refractivity (Wildman–Crippen MR) is 173 cm³/mol. The van der Waals surface area contributed by atoms with Crippen LogP contribution < -0.4 is 0 Å². The van der Waals surface area contributed by atoms with Crippen LogP contribution in [0.1, 0.15) is 60.8 Å². The van der Waals surface area contributed by atoms with Gasteiger partial charge in [-0.1, -0.05) is 104 Å². The summed E-state index contributed by atoms with van der Waals surface area (Å²) < 4.78 is -0.671. The van der Waals surface area contributed by atoms with E-state index in [1.54, 1.807) is 11.8 Å². The van der Waals surface area contributed by atoms with Gasteiger partial charge in [0.05, 0.1) is 30.3 Å². The first-order valence-corrected chi connectivity index (χ1v) is 18.3. The number of nitrogens with zero attached hydrogens (tertiary/aromatic N) is 4. The van der Waals surface area contributed by atoms with Crippen LogP contribution in [0.2, 0.25) is 18.1 Å². The lowest BCUT2D eigenvalue weighted by atomic mass is 9.83. The van der Waals surface area contributed by atoms with E-state index in [0.717, 1.165) is 16.7 Å². The van der Waals surface area contributed by atoms with E-state index in [1.807, 2.05) is 36.9 Å². The molecule has 1 N–H and O–H groups in total. The molecule has 1 fully saturated rings. The van der Waals surface area contributed by atoms with Gasteiger partial charge in [-0.05, 0) is 51.3 Å². The van der Waals surface area contributed by atoms with Gasteiger partial charge in [0.25, 0.3) is 0 Å². The molecule has 0 saturated carbocycles. The van der Waals surface area contributed by atoms with Crippen molar-refractivity contribution >= 4 is 26.5 Å². The molecule has 8 heteroatoms. The molecule has 0 bridgehead atoms. The summed E-state index contributed by atoms with van der Waals surface area (Å²) in [7, 11) is -1.94. The predicted octanol–water partition coefficient (Wildman–Crippen LogP) is 6.44. The average molecular weight is 597 g/mol. The zero-order valence-corrected chi connectivity index (χ0v) is 27.4. The molecule has 1 aromatic heterocycles. The summed E-state index contributed by atoms with van der Waals surface area (Å²) in [6.45, 7) is 14.2. The Hall–Kier alpha value is -3.33. The van der Waals surface area contributed by atoms with Crippen molar-refractivity contribution in [2.24, 2.45) is 0 Å². The van der Waals surface area contributed by atoms with Crippen LogP contribution in [0.25, 0.3) is 0 Å². The lowest BCUT2D eigenvalue weighted by Gasteiger charge is -2.64. The Bertz CT molecular complexity index is 1450. The van der Waals surface area contributed by atoms with Crippen LogP contribution in [0.15, 0.2) is 91.0 Å². The van der Waals surface area contributed by atoms with E-state index in [1.165, 1.54) is 0 Å². The molecule has 3 unspecified atom stereocenters. The lowest BCUT2D eigenvalue weighted by Crippen LogP contribution is -2.74. The zero-order chi connectivity index (χ0) is 30.3.